The number of benzene rings is 4. The SMILES string of the molecule is COc1cccc(C=N[C@@H]2CCCC[C@H]2N=Cc2cccc(OC)c2[O-])c1[O-].COc1cccc(C=N[C@@H]2CCCC[C@H]2N=Cc2cccc(OC)c2[O-])c1[O-].O=[N+]([O-])[O-].O=[N+]([O-])[O-].O=[N+]([O-])[O-].O=[N+]([O-])[O-].O=[N+]([O-])[O-].O=[N+]([O-])[O-].[Ce+3].[Ce+3].[Cu+2].[Cu+2].[OH3+].[OH3+]. The summed E-state index contributed by atoms with van der Waals surface area (Å²) in [4.78, 5) is 68.1. The van der Waals surface area contributed by atoms with Crippen LogP contribution in [0.15, 0.2) is 92.8 Å². The van der Waals surface area contributed by atoms with Crippen LogP contribution in [-0.2, 0) is 45.1 Å². The Morgan fingerprint density at radius 3 is 0.616 bits per heavy atom. The number of ether oxygens (including phenoxy) is 4. The van der Waals surface area contributed by atoms with Gasteiger partial charge in [-0.2, -0.15) is 0 Å². The summed E-state index contributed by atoms with van der Waals surface area (Å²) >= 11 is 0. The third-order valence-electron chi connectivity index (χ3n) is 9.93. The molecule has 0 heterocycles. The molecule has 2 aliphatic carbocycles. The van der Waals surface area contributed by atoms with E-state index in [4.69, 9.17) is 111 Å². The topological polar surface area (TPSA) is 642 Å². The van der Waals surface area contributed by atoms with Crippen LogP contribution in [-0.4, -0.2) is 108 Å². The molecule has 0 unspecified atom stereocenters. The summed E-state index contributed by atoms with van der Waals surface area (Å²) in [5.41, 5.74) is 2.01. The Balaban J connectivity index is -0.000000163. The normalized spacial score (nSPS) is 14.7. The Labute approximate surface area is 574 Å². The zero-order valence-corrected chi connectivity index (χ0v) is 53.2. The quantitative estimate of drug-likeness (QED) is 0.0644. The van der Waals surface area contributed by atoms with E-state index in [0.717, 1.165) is 51.4 Å². The number of para-hydroxylation sites is 4. The van der Waals surface area contributed by atoms with Gasteiger partial charge in [-0.3, -0.25) is 20.0 Å². The molecule has 2 fully saturated rings. The Hall–Kier alpha value is -7.13. The number of rotatable bonds is 12. The van der Waals surface area contributed by atoms with E-state index in [2.05, 4.69) is 20.0 Å². The summed E-state index contributed by atoms with van der Waals surface area (Å²) in [7, 11) is 5.91. The van der Waals surface area contributed by atoms with E-state index in [1.165, 1.54) is 28.4 Å². The molecule has 0 spiro atoms. The third-order valence-corrected chi connectivity index (χ3v) is 9.93. The predicted octanol–water partition coefficient (Wildman–Crippen LogP) is 2.12. The standard InChI is InChI=1S/2C22H26N2O4.2Ce.2Cu.6NO3.2H2O/c2*1-27-19-11-5-7-15(21(19)25)13-23-17-9-3-4-10-18(17)24-14-16-8-6-12-20(28-2)22(16)26;;;;;6*2-1(3)4;;/h2*5-8,11-14,17-18,25-26H,3-4,9-10H2,1-2H3;;;;;;;;;;;2*1H2/q;;2*+3;2*+2;6*-1;;/p-2/t2*17-,18-;;;;;;;;;;;;/m11............/s1. The van der Waals surface area contributed by atoms with Gasteiger partial charge in [0.1, 0.15) is 23.0 Å². The van der Waals surface area contributed by atoms with Crippen LogP contribution in [0.3, 0.4) is 0 Å². The second-order valence-electron chi connectivity index (χ2n) is 14.8. The zero-order valence-electron chi connectivity index (χ0n) is 45.0. The van der Waals surface area contributed by atoms with Crippen LogP contribution in [0, 0.1) is 175 Å². The molecule has 0 aromatic heterocycles. The molecule has 0 saturated heterocycles. The van der Waals surface area contributed by atoms with Crippen molar-refractivity contribution in [2.75, 3.05) is 28.4 Å². The Kier molecular flexibility index (Phi) is 61.7. The first-order valence-corrected chi connectivity index (χ1v) is 22.0. The summed E-state index contributed by atoms with van der Waals surface area (Å²) in [5.74, 6) is 0.556. The number of nitrogens with zero attached hydrogens (tertiary/aromatic N) is 10. The molecule has 4 radical (unpaired) electrons. The molecule has 86 heavy (non-hydrogen) atoms. The van der Waals surface area contributed by atoms with Crippen LogP contribution in [0.1, 0.15) is 73.6 Å². The maximum absolute atomic E-state index is 12.3. The fraction of sp³-hybridized carbons (Fsp3) is 0.364. The minimum Gasteiger partial charge on any atom is -0.870 e. The van der Waals surface area contributed by atoms with E-state index >= 15 is 0 Å². The van der Waals surface area contributed by atoms with E-state index in [0.29, 0.717) is 45.3 Å². The van der Waals surface area contributed by atoms with Gasteiger partial charge in [0.15, 0.2) is 0 Å². The van der Waals surface area contributed by atoms with Crippen LogP contribution in [0.2, 0.25) is 0 Å². The van der Waals surface area contributed by atoms with Crippen molar-refractivity contribution in [2.45, 2.75) is 75.5 Å². The molecule has 6 rings (SSSR count). The van der Waals surface area contributed by atoms with Gasteiger partial charge >= 0.3 is 118 Å². The summed E-state index contributed by atoms with van der Waals surface area (Å²) in [6, 6.07) is 20.5. The van der Waals surface area contributed by atoms with Crippen molar-refractivity contribution in [1.29, 1.82) is 0 Å². The average Bonchev–Trinajstić information content (AvgIpc) is 3.37. The molecule has 0 bridgehead atoms. The minimum atomic E-state index is -1.75. The molecule has 4 aromatic carbocycles. The zero-order chi connectivity index (χ0) is 61.3. The van der Waals surface area contributed by atoms with E-state index in [9.17, 15) is 20.4 Å². The molecule has 476 valence electrons. The van der Waals surface area contributed by atoms with Crippen LogP contribution in [0.4, 0.5) is 0 Å². The van der Waals surface area contributed by atoms with Gasteiger partial charge in [-0.15, -0.1) is 0 Å². The Morgan fingerprint density at radius 2 is 0.488 bits per heavy atom. The van der Waals surface area contributed by atoms with Crippen LogP contribution in [0.5, 0.6) is 46.0 Å². The molecule has 2 aliphatic rings. The Morgan fingerprint density at radius 1 is 0.349 bits per heavy atom. The molecular weight excluding hydrogens is 1520 g/mol. The van der Waals surface area contributed by atoms with Crippen molar-refractivity contribution in [3.05, 3.63) is 187 Å². The van der Waals surface area contributed by atoms with Crippen molar-refractivity contribution >= 4 is 24.9 Å². The maximum Gasteiger partial charge on any atom is 3.00 e. The van der Waals surface area contributed by atoms with Gasteiger partial charge < -0.3 is 142 Å². The molecule has 42 heteroatoms. The van der Waals surface area contributed by atoms with Gasteiger partial charge in [-0.1, -0.05) is 97.2 Å². The molecular formula is C44H54Ce2Cu2N10O28+2. The van der Waals surface area contributed by atoms with Crippen molar-refractivity contribution in [1.82, 2.24) is 0 Å². The number of methoxy groups -OCH3 is 4. The fourth-order valence-electron chi connectivity index (χ4n) is 6.76. The third kappa shape index (κ3) is 45.3. The van der Waals surface area contributed by atoms with E-state index < -0.39 is 30.5 Å². The van der Waals surface area contributed by atoms with Crippen molar-refractivity contribution < 1.29 is 198 Å². The molecule has 0 aliphatic heterocycles. The van der Waals surface area contributed by atoms with Gasteiger partial charge in [0.2, 0.25) is 0 Å². The van der Waals surface area contributed by atoms with Crippen molar-refractivity contribution in [2.24, 2.45) is 20.0 Å². The van der Waals surface area contributed by atoms with Gasteiger partial charge in [0.05, 0.1) is 83.1 Å². The second kappa shape index (κ2) is 55.7. The summed E-state index contributed by atoms with van der Waals surface area (Å²) in [6.45, 7) is 0. The van der Waals surface area contributed by atoms with Crippen LogP contribution < -0.4 is 39.4 Å². The minimum absolute atomic E-state index is 0. The van der Waals surface area contributed by atoms with E-state index in [1.54, 1.807) is 97.7 Å². The summed E-state index contributed by atoms with van der Waals surface area (Å²) < 4.78 is 20.3. The molecule has 2 saturated carbocycles. The first-order valence-electron chi connectivity index (χ1n) is 22.0. The van der Waals surface area contributed by atoms with Gasteiger partial charge in [-0.05, 0) is 72.2 Å². The van der Waals surface area contributed by atoms with Crippen LogP contribution in [0.25, 0.3) is 0 Å². The summed E-state index contributed by atoms with van der Waals surface area (Å²) in [5, 5.41) is 138. The molecule has 6 N–H and O–H groups in total. The first-order chi connectivity index (χ1) is 37.7. The molecule has 4 atom stereocenters. The smallest absolute Gasteiger partial charge is 0.870 e. The van der Waals surface area contributed by atoms with Crippen molar-refractivity contribution in [3.8, 4) is 46.0 Å². The number of hydrogen-bond donors (Lipinski definition) is 0. The summed E-state index contributed by atoms with van der Waals surface area (Å²) in [6.07, 6.45) is 14.4. The Bertz CT molecular complexity index is 2310. The number of aliphatic imine (C=N–C) groups is 4. The van der Waals surface area contributed by atoms with Crippen molar-refractivity contribution in [3.63, 3.8) is 0 Å². The average molecular weight is 1580 g/mol. The van der Waals surface area contributed by atoms with E-state index in [-0.39, 0.29) is 176 Å². The maximum atomic E-state index is 12.3. The fourth-order valence-corrected chi connectivity index (χ4v) is 6.76. The molecule has 0 amide bonds. The van der Waals surface area contributed by atoms with Gasteiger partial charge in [0, 0.05) is 24.9 Å². The van der Waals surface area contributed by atoms with Crippen LogP contribution >= 0.6 is 0 Å². The monoisotopic (exact) mass is 1580 g/mol. The van der Waals surface area contributed by atoms with Gasteiger partial charge in [-0.25, -0.2) is 0 Å². The molecule has 4 aromatic rings. The second-order valence-corrected chi connectivity index (χ2v) is 14.8. The van der Waals surface area contributed by atoms with Gasteiger partial charge in [0.25, 0.3) is 0 Å². The molecule has 38 nitrogen and oxygen atoms in total. The first kappa shape index (κ1) is 95.2. The predicted molar refractivity (Wildman–Crippen MR) is 284 cm³/mol. The van der Waals surface area contributed by atoms with E-state index in [1.807, 2.05) is 0 Å². The largest absolute Gasteiger partial charge is 3.00 e. The number of hydrogen-bond acceptors (Lipinski definition) is 30.